The van der Waals surface area contributed by atoms with Crippen molar-refractivity contribution in [2.75, 3.05) is 6.26 Å². The molecule has 5 heteroatoms. The highest BCUT2D eigenvalue weighted by molar-refractivity contribution is 7.98. The maximum absolute atomic E-state index is 6.20. The summed E-state index contributed by atoms with van der Waals surface area (Å²) in [4.78, 5) is 9.88. The molecule has 0 atom stereocenters. The molecule has 0 aliphatic rings. The predicted octanol–water partition coefficient (Wildman–Crippen LogP) is 5.30. The summed E-state index contributed by atoms with van der Waals surface area (Å²) in [7, 11) is 0. The van der Waals surface area contributed by atoms with Crippen LogP contribution in [-0.4, -0.2) is 16.2 Å². The number of nitrogens with zero attached hydrogens (tertiary/aromatic N) is 2. The van der Waals surface area contributed by atoms with Crippen LogP contribution in [-0.2, 0) is 0 Å². The SMILES string of the molecule is CSc1ccc(-c2nc(Cl)c(C(C)C)c(Cl)n2)cc1. The van der Waals surface area contributed by atoms with Crippen LogP contribution in [0.3, 0.4) is 0 Å². The molecule has 0 saturated carbocycles. The van der Waals surface area contributed by atoms with Crippen molar-refractivity contribution in [3.63, 3.8) is 0 Å². The maximum atomic E-state index is 6.20. The Hall–Kier alpha value is -0.770. The number of hydrogen-bond acceptors (Lipinski definition) is 3. The van der Waals surface area contributed by atoms with Gasteiger partial charge in [-0.05, 0) is 24.3 Å². The van der Waals surface area contributed by atoms with Crippen LogP contribution in [0.4, 0.5) is 0 Å². The van der Waals surface area contributed by atoms with Gasteiger partial charge in [0.25, 0.3) is 0 Å². The van der Waals surface area contributed by atoms with Gasteiger partial charge in [0.2, 0.25) is 0 Å². The molecule has 1 heterocycles. The third kappa shape index (κ3) is 3.22. The third-order valence-electron chi connectivity index (χ3n) is 2.78. The molecule has 2 aromatic rings. The number of thioether (sulfide) groups is 1. The molecule has 0 unspecified atom stereocenters. The molecular formula is C14H14Cl2N2S. The molecule has 0 radical (unpaired) electrons. The molecule has 0 spiro atoms. The molecule has 1 aromatic carbocycles. The highest BCUT2D eigenvalue weighted by Gasteiger charge is 2.15. The fourth-order valence-corrected chi connectivity index (χ4v) is 2.99. The van der Waals surface area contributed by atoms with E-state index in [1.165, 1.54) is 4.90 Å². The zero-order valence-electron chi connectivity index (χ0n) is 10.9. The highest BCUT2D eigenvalue weighted by atomic mass is 35.5. The monoisotopic (exact) mass is 312 g/mol. The maximum Gasteiger partial charge on any atom is 0.162 e. The molecule has 0 N–H and O–H groups in total. The Bertz CT molecular complexity index is 559. The van der Waals surface area contributed by atoms with Crippen LogP contribution in [0, 0.1) is 0 Å². The average molecular weight is 313 g/mol. The Balaban J connectivity index is 2.45. The molecule has 0 fully saturated rings. The Kier molecular flexibility index (Phi) is 4.71. The summed E-state index contributed by atoms with van der Waals surface area (Å²) in [5.74, 6) is 0.764. The lowest BCUT2D eigenvalue weighted by Gasteiger charge is -2.11. The van der Waals surface area contributed by atoms with Crippen molar-refractivity contribution in [2.45, 2.75) is 24.7 Å². The molecular weight excluding hydrogens is 299 g/mol. The van der Waals surface area contributed by atoms with Crippen molar-refractivity contribution < 1.29 is 0 Å². The normalized spacial score (nSPS) is 11.1. The molecule has 100 valence electrons. The second kappa shape index (κ2) is 6.12. The zero-order chi connectivity index (χ0) is 14.0. The van der Waals surface area contributed by atoms with Crippen LogP contribution < -0.4 is 0 Å². The van der Waals surface area contributed by atoms with E-state index < -0.39 is 0 Å². The lowest BCUT2D eigenvalue weighted by atomic mass is 10.1. The van der Waals surface area contributed by atoms with E-state index in [4.69, 9.17) is 23.2 Å². The standard InChI is InChI=1S/C14H14Cl2N2S/c1-8(2)11-12(15)17-14(18-13(11)16)9-4-6-10(19-3)7-5-9/h4-8H,1-3H3. The number of halogens is 2. The molecule has 0 saturated heterocycles. The van der Waals surface area contributed by atoms with E-state index in [9.17, 15) is 0 Å². The van der Waals surface area contributed by atoms with E-state index in [2.05, 4.69) is 9.97 Å². The van der Waals surface area contributed by atoms with Crippen molar-refractivity contribution >= 4 is 35.0 Å². The first-order chi connectivity index (χ1) is 9.02. The first-order valence-corrected chi connectivity index (χ1v) is 7.88. The first kappa shape index (κ1) is 14.6. The van der Waals surface area contributed by atoms with Crippen LogP contribution in [0.25, 0.3) is 11.4 Å². The van der Waals surface area contributed by atoms with E-state index in [-0.39, 0.29) is 5.92 Å². The number of benzene rings is 1. The Morgan fingerprint density at radius 3 is 1.95 bits per heavy atom. The summed E-state index contributed by atoms with van der Waals surface area (Å²) in [6.07, 6.45) is 2.04. The van der Waals surface area contributed by atoms with Crippen LogP contribution >= 0.6 is 35.0 Å². The van der Waals surface area contributed by atoms with Gasteiger partial charge in [-0.15, -0.1) is 11.8 Å². The quantitative estimate of drug-likeness (QED) is 0.568. The molecule has 2 nitrogen and oxygen atoms in total. The second-order valence-electron chi connectivity index (χ2n) is 4.43. The van der Waals surface area contributed by atoms with E-state index in [0.717, 1.165) is 11.1 Å². The average Bonchev–Trinajstić information content (AvgIpc) is 2.37. The Labute approximate surface area is 127 Å². The smallest absolute Gasteiger partial charge is 0.162 e. The summed E-state index contributed by atoms with van der Waals surface area (Å²) >= 11 is 14.1. The van der Waals surface area contributed by atoms with Gasteiger partial charge in [0.15, 0.2) is 5.82 Å². The minimum atomic E-state index is 0.202. The van der Waals surface area contributed by atoms with E-state index in [1.807, 2.05) is 44.4 Å². The summed E-state index contributed by atoms with van der Waals surface area (Å²) in [6, 6.07) is 8.01. The molecule has 0 aliphatic heterocycles. The Morgan fingerprint density at radius 1 is 1.00 bits per heavy atom. The number of hydrogen-bond donors (Lipinski definition) is 0. The first-order valence-electron chi connectivity index (χ1n) is 5.90. The van der Waals surface area contributed by atoms with Gasteiger partial charge in [-0.1, -0.05) is 49.2 Å². The van der Waals surface area contributed by atoms with Crippen LogP contribution in [0.15, 0.2) is 29.2 Å². The van der Waals surface area contributed by atoms with Crippen LogP contribution in [0.5, 0.6) is 0 Å². The predicted molar refractivity (Wildman–Crippen MR) is 83.4 cm³/mol. The van der Waals surface area contributed by atoms with Gasteiger partial charge in [-0.25, -0.2) is 9.97 Å². The van der Waals surface area contributed by atoms with Gasteiger partial charge in [0.05, 0.1) is 0 Å². The van der Waals surface area contributed by atoms with E-state index >= 15 is 0 Å². The van der Waals surface area contributed by atoms with Crippen molar-refractivity contribution in [1.29, 1.82) is 0 Å². The molecule has 0 aliphatic carbocycles. The molecule has 0 amide bonds. The minimum absolute atomic E-state index is 0.202. The van der Waals surface area contributed by atoms with Crippen molar-refractivity contribution in [3.05, 3.63) is 40.1 Å². The molecule has 1 aromatic heterocycles. The van der Waals surface area contributed by atoms with Crippen LogP contribution in [0.2, 0.25) is 10.3 Å². The van der Waals surface area contributed by atoms with Gasteiger partial charge in [0, 0.05) is 16.0 Å². The van der Waals surface area contributed by atoms with Gasteiger partial charge in [-0.3, -0.25) is 0 Å². The third-order valence-corrected chi connectivity index (χ3v) is 4.10. The van der Waals surface area contributed by atoms with Crippen LogP contribution in [0.1, 0.15) is 25.3 Å². The van der Waals surface area contributed by atoms with Gasteiger partial charge < -0.3 is 0 Å². The summed E-state index contributed by atoms with van der Waals surface area (Å²) < 4.78 is 0. The van der Waals surface area contributed by atoms with Crippen molar-refractivity contribution in [3.8, 4) is 11.4 Å². The summed E-state index contributed by atoms with van der Waals surface area (Å²) in [5, 5.41) is 0.859. The topological polar surface area (TPSA) is 25.8 Å². The molecule has 2 rings (SSSR count). The largest absolute Gasteiger partial charge is 0.216 e. The minimum Gasteiger partial charge on any atom is -0.216 e. The van der Waals surface area contributed by atoms with Crippen molar-refractivity contribution in [2.24, 2.45) is 0 Å². The molecule has 0 bridgehead atoms. The lowest BCUT2D eigenvalue weighted by Crippen LogP contribution is -1.99. The zero-order valence-corrected chi connectivity index (χ0v) is 13.3. The number of aromatic nitrogens is 2. The summed E-state index contributed by atoms with van der Waals surface area (Å²) in [6.45, 7) is 4.03. The number of rotatable bonds is 3. The van der Waals surface area contributed by atoms with E-state index in [0.29, 0.717) is 16.1 Å². The van der Waals surface area contributed by atoms with Crippen molar-refractivity contribution in [1.82, 2.24) is 9.97 Å². The molecule has 19 heavy (non-hydrogen) atoms. The summed E-state index contributed by atoms with van der Waals surface area (Å²) in [5.41, 5.74) is 1.71. The van der Waals surface area contributed by atoms with Gasteiger partial charge >= 0.3 is 0 Å². The fourth-order valence-electron chi connectivity index (χ4n) is 1.76. The Morgan fingerprint density at radius 2 is 1.53 bits per heavy atom. The van der Waals surface area contributed by atoms with E-state index in [1.54, 1.807) is 11.8 Å². The highest BCUT2D eigenvalue weighted by Crippen LogP contribution is 2.31. The second-order valence-corrected chi connectivity index (χ2v) is 6.02. The lowest BCUT2D eigenvalue weighted by molar-refractivity contribution is 0.848. The van der Waals surface area contributed by atoms with Gasteiger partial charge in [0.1, 0.15) is 10.3 Å². The van der Waals surface area contributed by atoms with Gasteiger partial charge in [-0.2, -0.15) is 0 Å². The fraction of sp³-hybridized carbons (Fsp3) is 0.286.